The van der Waals surface area contributed by atoms with E-state index in [1.807, 2.05) is 6.07 Å². The summed E-state index contributed by atoms with van der Waals surface area (Å²) in [5, 5.41) is 0. The maximum absolute atomic E-state index is 5.00. The van der Waals surface area contributed by atoms with Crippen LogP contribution in [0.1, 0.15) is 0 Å². The summed E-state index contributed by atoms with van der Waals surface area (Å²) in [4.78, 5) is 9.95. The summed E-state index contributed by atoms with van der Waals surface area (Å²) in [6.45, 7) is 0. The van der Waals surface area contributed by atoms with E-state index in [0.29, 0.717) is 10.5 Å². The molecule has 0 amide bonds. The molecule has 0 atom stereocenters. The third-order valence-electron chi connectivity index (χ3n) is 1.58. The van der Waals surface area contributed by atoms with Gasteiger partial charge in [-0.05, 0) is 12.2 Å². The van der Waals surface area contributed by atoms with Crippen LogP contribution in [0.15, 0.2) is 12.3 Å². The number of hydrogen-bond acceptors (Lipinski definition) is 3. The molecule has 0 aliphatic rings. The highest BCUT2D eigenvalue weighted by molar-refractivity contribution is 7.71. The Hall–Kier alpha value is -1.36. The molecule has 2 rings (SSSR count). The Bertz CT molecular complexity index is 459. The number of aromatic amines is 2. The smallest absolute Gasteiger partial charge is 0.176 e. The van der Waals surface area contributed by atoms with Gasteiger partial charge in [0.15, 0.2) is 10.4 Å². The summed E-state index contributed by atoms with van der Waals surface area (Å²) in [5.74, 6) is 0.716. The van der Waals surface area contributed by atoms with Crippen LogP contribution in [-0.2, 0) is 0 Å². The standard InChI is InChI=1S/C7H7N3OS/c1-11-4-2-5-6(8-3-4)10-7(12)9-5/h2-3H,1H3,(H2,8,9,10,12). The van der Waals surface area contributed by atoms with Gasteiger partial charge in [0.05, 0.1) is 18.8 Å². The summed E-state index contributed by atoms with van der Waals surface area (Å²) in [6, 6.07) is 1.84. The Balaban J connectivity index is 2.74. The van der Waals surface area contributed by atoms with Gasteiger partial charge >= 0.3 is 0 Å². The number of H-pyrrole nitrogens is 2. The quantitative estimate of drug-likeness (QED) is 0.657. The van der Waals surface area contributed by atoms with Gasteiger partial charge in [-0.1, -0.05) is 0 Å². The molecule has 4 nitrogen and oxygen atoms in total. The minimum absolute atomic E-state index is 0.575. The highest BCUT2D eigenvalue weighted by Crippen LogP contribution is 2.14. The Morgan fingerprint density at radius 1 is 1.50 bits per heavy atom. The van der Waals surface area contributed by atoms with Gasteiger partial charge < -0.3 is 14.7 Å². The van der Waals surface area contributed by atoms with Crippen LogP contribution in [0.4, 0.5) is 0 Å². The van der Waals surface area contributed by atoms with Crippen molar-refractivity contribution in [1.29, 1.82) is 0 Å². The predicted octanol–water partition coefficient (Wildman–Crippen LogP) is 1.63. The monoisotopic (exact) mass is 181 g/mol. The molecule has 2 aromatic rings. The van der Waals surface area contributed by atoms with Gasteiger partial charge in [-0.3, -0.25) is 0 Å². The number of pyridine rings is 1. The van der Waals surface area contributed by atoms with Gasteiger partial charge in [0.25, 0.3) is 0 Å². The van der Waals surface area contributed by atoms with Gasteiger partial charge in [0.1, 0.15) is 5.75 Å². The van der Waals surface area contributed by atoms with Crippen LogP contribution in [0, 0.1) is 4.77 Å². The molecule has 0 unspecified atom stereocenters. The second kappa shape index (κ2) is 2.60. The molecule has 2 heterocycles. The van der Waals surface area contributed by atoms with Crippen LogP contribution in [-0.4, -0.2) is 22.1 Å². The lowest BCUT2D eigenvalue weighted by atomic mass is 10.4. The van der Waals surface area contributed by atoms with E-state index in [1.54, 1.807) is 13.3 Å². The number of rotatable bonds is 1. The lowest BCUT2D eigenvalue weighted by Crippen LogP contribution is -1.84. The fourth-order valence-corrected chi connectivity index (χ4v) is 1.22. The lowest BCUT2D eigenvalue weighted by Gasteiger charge is -1.96. The van der Waals surface area contributed by atoms with Crippen molar-refractivity contribution in [3.63, 3.8) is 0 Å². The van der Waals surface area contributed by atoms with E-state index < -0.39 is 0 Å². The third kappa shape index (κ3) is 1.08. The van der Waals surface area contributed by atoms with E-state index in [9.17, 15) is 0 Å². The van der Waals surface area contributed by atoms with Crippen LogP contribution in [0.25, 0.3) is 11.2 Å². The van der Waals surface area contributed by atoms with Crippen LogP contribution in [0.5, 0.6) is 5.75 Å². The molecule has 0 saturated carbocycles. The van der Waals surface area contributed by atoms with E-state index in [1.165, 1.54) is 0 Å². The molecule has 0 saturated heterocycles. The fourth-order valence-electron chi connectivity index (χ4n) is 1.01. The molecule has 2 N–H and O–H groups in total. The summed E-state index contributed by atoms with van der Waals surface area (Å²) in [5.41, 5.74) is 1.61. The molecule has 0 aliphatic carbocycles. The summed E-state index contributed by atoms with van der Waals surface area (Å²) in [6.07, 6.45) is 1.64. The van der Waals surface area contributed by atoms with Crippen LogP contribution in [0.2, 0.25) is 0 Å². The molecule has 0 aliphatic heterocycles. The number of methoxy groups -OCH3 is 1. The molecule has 2 aromatic heterocycles. The van der Waals surface area contributed by atoms with E-state index in [4.69, 9.17) is 17.0 Å². The van der Waals surface area contributed by atoms with Gasteiger partial charge in [-0.2, -0.15) is 0 Å². The Morgan fingerprint density at radius 2 is 2.33 bits per heavy atom. The first kappa shape index (κ1) is 7.30. The molecule has 12 heavy (non-hydrogen) atoms. The molecule has 0 aromatic carbocycles. The SMILES string of the molecule is COc1cnc2[nH]c(=S)[nH]c2c1. The van der Waals surface area contributed by atoms with Gasteiger partial charge in [0.2, 0.25) is 0 Å². The second-order valence-corrected chi connectivity index (χ2v) is 2.76. The van der Waals surface area contributed by atoms with Crippen molar-refractivity contribution < 1.29 is 4.74 Å². The lowest BCUT2D eigenvalue weighted by molar-refractivity contribution is 0.413. The second-order valence-electron chi connectivity index (χ2n) is 2.35. The maximum atomic E-state index is 5.00. The fraction of sp³-hybridized carbons (Fsp3) is 0.143. The van der Waals surface area contributed by atoms with Crippen molar-refractivity contribution in [3.05, 3.63) is 17.0 Å². The maximum Gasteiger partial charge on any atom is 0.176 e. The van der Waals surface area contributed by atoms with Crippen molar-refractivity contribution in [2.45, 2.75) is 0 Å². The zero-order valence-corrected chi connectivity index (χ0v) is 7.23. The number of ether oxygens (including phenoxy) is 1. The average Bonchev–Trinajstić information content (AvgIpc) is 2.43. The van der Waals surface area contributed by atoms with E-state index in [2.05, 4.69) is 15.0 Å². The summed E-state index contributed by atoms with van der Waals surface area (Å²) in [7, 11) is 1.60. The van der Waals surface area contributed by atoms with Gasteiger partial charge in [0, 0.05) is 6.07 Å². The minimum atomic E-state index is 0.575. The Labute approximate surface area is 73.6 Å². The van der Waals surface area contributed by atoms with Crippen molar-refractivity contribution in [1.82, 2.24) is 15.0 Å². The molecular formula is C7H7N3OS. The minimum Gasteiger partial charge on any atom is -0.495 e. The summed E-state index contributed by atoms with van der Waals surface area (Å²) < 4.78 is 5.58. The number of nitrogens with zero attached hydrogens (tertiary/aromatic N) is 1. The average molecular weight is 181 g/mol. The molecule has 0 radical (unpaired) electrons. The first-order valence-corrected chi connectivity index (χ1v) is 3.82. The topological polar surface area (TPSA) is 53.7 Å². The number of imidazole rings is 1. The number of aromatic nitrogens is 3. The van der Waals surface area contributed by atoms with Crippen molar-refractivity contribution in [2.75, 3.05) is 7.11 Å². The third-order valence-corrected chi connectivity index (χ3v) is 1.78. The first-order valence-electron chi connectivity index (χ1n) is 3.41. The van der Waals surface area contributed by atoms with Crippen LogP contribution in [0.3, 0.4) is 0 Å². The molecule has 62 valence electrons. The zero-order valence-electron chi connectivity index (χ0n) is 6.42. The Morgan fingerprint density at radius 3 is 3.08 bits per heavy atom. The zero-order chi connectivity index (χ0) is 8.55. The van der Waals surface area contributed by atoms with E-state index >= 15 is 0 Å². The highest BCUT2D eigenvalue weighted by atomic mass is 32.1. The number of nitrogens with one attached hydrogen (secondary N) is 2. The van der Waals surface area contributed by atoms with Gasteiger partial charge in [-0.25, -0.2) is 4.98 Å². The summed E-state index contributed by atoms with van der Waals surface area (Å²) >= 11 is 4.90. The predicted molar refractivity (Wildman–Crippen MR) is 47.8 cm³/mol. The first-order chi connectivity index (χ1) is 5.79. The van der Waals surface area contributed by atoms with Gasteiger partial charge in [-0.15, -0.1) is 0 Å². The normalized spacial score (nSPS) is 10.4. The number of fused-ring (bicyclic) bond motifs is 1. The molecule has 0 fully saturated rings. The number of hydrogen-bond donors (Lipinski definition) is 2. The van der Waals surface area contributed by atoms with Crippen LogP contribution >= 0.6 is 12.2 Å². The molecule has 0 spiro atoms. The van der Waals surface area contributed by atoms with E-state index in [0.717, 1.165) is 11.2 Å². The van der Waals surface area contributed by atoms with Crippen LogP contribution < -0.4 is 4.74 Å². The van der Waals surface area contributed by atoms with Crippen molar-refractivity contribution in [2.24, 2.45) is 0 Å². The highest BCUT2D eigenvalue weighted by Gasteiger charge is 1.98. The molecule has 5 heteroatoms. The molecule has 0 bridgehead atoms. The van der Waals surface area contributed by atoms with Crippen molar-refractivity contribution >= 4 is 23.4 Å². The van der Waals surface area contributed by atoms with E-state index in [-0.39, 0.29) is 0 Å². The Kier molecular flexibility index (Phi) is 1.58. The molecular weight excluding hydrogens is 174 g/mol. The van der Waals surface area contributed by atoms with Crippen molar-refractivity contribution in [3.8, 4) is 5.75 Å². The largest absolute Gasteiger partial charge is 0.495 e.